The van der Waals surface area contributed by atoms with Crippen LogP contribution in [0.2, 0.25) is 0 Å². The number of allylic oxidation sites excluding steroid dienone is 1. The molecule has 4 aromatic carbocycles. The maximum absolute atomic E-state index is 14.1. The van der Waals surface area contributed by atoms with Gasteiger partial charge in [-0.3, -0.25) is 14.4 Å². The second kappa shape index (κ2) is 9.09. The Morgan fingerprint density at radius 3 is 2.08 bits per heavy atom. The molecular formula is C33H25NO6. The Hall–Kier alpha value is -4.91. The number of hydrogen-bond acceptors (Lipinski definition) is 6. The van der Waals surface area contributed by atoms with Crippen molar-refractivity contribution in [1.29, 1.82) is 0 Å². The summed E-state index contributed by atoms with van der Waals surface area (Å²) in [5, 5.41) is 1.77. The molecule has 40 heavy (non-hydrogen) atoms. The lowest BCUT2D eigenvalue weighted by Crippen LogP contribution is -2.42. The molecule has 1 saturated heterocycles. The SMILES string of the molecule is COc1ccc([C@@H]2C=C3c4ccc5ccccc5c4OC(=O)[C@@H]3[C@@H]3C(=O)N(c4ccc(OC)cc4)C(=O)[C@H]32)cc1. The Bertz CT molecular complexity index is 1720. The minimum atomic E-state index is -0.908. The van der Waals surface area contributed by atoms with Crippen molar-refractivity contribution < 1.29 is 28.6 Å². The summed E-state index contributed by atoms with van der Waals surface area (Å²) in [5.74, 6) is -2.49. The summed E-state index contributed by atoms with van der Waals surface area (Å²) in [6, 6.07) is 25.9. The number of methoxy groups -OCH3 is 2. The summed E-state index contributed by atoms with van der Waals surface area (Å²) in [6.07, 6.45) is 1.99. The van der Waals surface area contributed by atoms with Crippen molar-refractivity contribution in [2.24, 2.45) is 17.8 Å². The summed E-state index contributed by atoms with van der Waals surface area (Å²) >= 11 is 0. The van der Waals surface area contributed by atoms with E-state index >= 15 is 0 Å². The van der Waals surface area contributed by atoms with Gasteiger partial charge in [0.15, 0.2) is 0 Å². The predicted octanol–water partition coefficient (Wildman–Crippen LogP) is 5.38. The normalized spacial score (nSPS) is 23.2. The highest BCUT2D eigenvalue weighted by molar-refractivity contribution is 6.24. The molecule has 0 saturated carbocycles. The minimum Gasteiger partial charge on any atom is -0.497 e. The number of fused-ring (bicyclic) bond motifs is 7. The number of hydrogen-bond donors (Lipinski definition) is 0. The Balaban J connectivity index is 1.42. The second-order valence-electron chi connectivity index (χ2n) is 10.2. The first-order valence-electron chi connectivity index (χ1n) is 13.1. The summed E-state index contributed by atoms with van der Waals surface area (Å²) in [7, 11) is 3.15. The van der Waals surface area contributed by atoms with Gasteiger partial charge in [0, 0.05) is 16.9 Å². The van der Waals surface area contributed by atoms with Gasteiger partial charge in [0.25, 0.3) is 0 Å². The lowest BCUT2D eigenvalue weighted by atomic mass is 9.64. The fourth-order valence-electron chi connectivity index (χ4n) is 6.43. The topological polar surface area (TPSA) is 82.1 Å². The first kappa shape index (κ1) is 24.2. The van der Waals surface area contributed by atoms with Crippen LogP contribution < -0.4 is 19.1 Å². The van der Waals surface area contributed by atoms with E-state index in [1.165, 1.54) is 4.90 Å². The lowest BCUT2D eigenvalue weighted by Gasteiger charge is -2.38. The number of rotatable bonds is 4. The van der Waals surface area contributed by atoms with E-state index in [2.05, 4.69) is 0 Å². The number of nitrogens with zero attached hydrogens (tertiary/aromatic N) is 1. The average Bonchev–Trinajstić information content (AvgIpc) is 3.26. The summed E-state index contributed by atoms with van der Waals surface area (Å²) in [6.45, 7) is 0. The van der Waals surface area contributed by atoms with Gasteiger partial charge in [-0.2, -0.15) is 0 Å². The Labute approximate surface area is 230 Å². The molecule has 0 N–H and O–H groups in total. The number of benzene rings is 4. The van der Waals surface area contributed by atoms with E-state index in [0.29, 0.717) is 22.9 Å². The van der Waals surface area contributed by atoms with E-state index in [0.717, 1.165) is 27.5 Å². The highest BCUT2D eigenvalue weighted by Crippen LogP contribution is 2.55. The molecule has 2 amide bonds. The zero-order valence-corrected chi connectivity index (χ0v) is 21.9. The maximum Gasteiger partial charge on any atom is 0.319 e. The van der Waals surface area contributed by atoms with Gasteiger partial charge in [0.05, 0.1) is 37.7 Å². The van der Waals surface area contributed by atoms with E-state index in [9.17, 15) is 14.4 Å². The Kier molecular flexibility index (Phi) is 5.49. The van der Waals surface area contributed by atoms with Crippen molar-refractivity contribution in [3.63, 3.8) is 0 Å². The van der Waals surface area contributed by atoms with Crippen LogP contribution in [0.5, 0.6) is 17.2 Å². The molecule has 3 aliphatic rings. The number of esters is 1. The van der Waals surface area contributed by atoms with Crippen molar-refractivity contribution in [2.45, 2.75) is 5.92 Å². The number of imide groups is 1. The van der Waals surface area contributed by atoms with Crippen LogP contribution in [0, 0.1) is 17.8 Å². The zero-order chi connectivity index (χ0) is 27.5. The second-order valence-corrected chi connectivity index (χ2v) is 10.2. The van der Waals surface area contributed by atoms with Gasteiger partial charge in [-0.15, -0.1) is 0 Å². The molecule has 1 fully saturated rings. The average molecular weight is 532 g/mol. The molecular weight excluding hydrogens is 506 g/mol. The van der Waals surface area contributed by atoms with Gasteiger partial charge in [0.2, 0.25) is 11.8 Å². The van der Waals surface area contributed by atoms with Gasteiger partial charge in [-0.25, -0.2) is 4.90 Å². The van der Waals surface area contributed by atoms with Crippen molar-refractivity contribution in [3.8, 4) is 17.2 Å². The first-order chi connectivity index (χ1) is 19.5. The highest BCUT2D eigenvalue weighted by atomic mass is 16.5. The van der Waals surface area contributed by atoms with Crippen molar-refractivity contribution in [3.05, 3.63) is 102 Å². The van der Waals surface area contributed by atoms with Gasteiger partial charge in [-0.05, 0) is 52.9 Å². The van der Waals surface area contributed by atoms with E-state index in [1.807, 2.05) is 66.7 Å². The molecule has 2 heterocycles. The summed E-state index contributed by atoms with van der Waals surface area (Å²) in [5.41, 5.74) is 2.79. The largest absolute Gasteiger partial charge is 0.497 e. The number of anilines is 1. The van der Waals surface area contributed by atoms with Crippen molar-refractivity contribution in [2.75, 3.05) is 19.1 Å². The molecule has 198 valence electrons. The van der Waals surface area contributed by atoms with Crippen LogP contribution in [0.1, 0.15) is 17.0 Å². The van der Waals surface area contributed by atoms with Crippen LogP contribution in [0.15, 0.2) is 91.0 Å². The number of carbonyl (C=O) groups excluding carboxylic acids is 3. The minimum absolute atomic E-state index is 0.339. The first-order valence-corrected chi connectivity index (χ1v) is 13.1. The van der Waals surface area contributed by atoms with Crippen LogP contribution in [0.3, 0.4) is 0 Å². The van der Waals surface area contributed by atoms with Crippen LogP contribution >= 0.6 is 0 Å². The number of carbonyl (C=O) groups is 3. The fraction of sp³-hybridized carbons (Fsp3) is 0.182. The molecule has 0 bridgehead atoms. The quantitative estimate of drug-likeness (QED) is 0.200. The lowest BCUT2D eigenvalue weighted by molar-refractivity contribution is -0.142. The van der Waals surface area contributed by atoms with E-state index in [-0.39, 0.29) is 5.91 Å². The van der Waals surface area contributed by atoms with Gasteiger partial charge in [-0.1, -0.05) is 54.6 Å². The summed E-state index contributed by atoms with van der Waals surface area (Å²) < 4.78 is 16.6. The molecule has 7 nitrogen and oxygen atoms in total. The van der Waals surface area contributed by atoms with Crippen LogP contribution in [-0.2, 0) is 14.4 Å². The molecule has 4 atom stereocenters. The van der Waals surface area contributed by atoms with Crippen LogP contribution in [-0.4, -0.2) is 32.0 Å². The Morgan fingerprint density at radius 2 is 1.38 bits per heavy atom. The third-order valence-electron chi connectivity index (χ3n) is 8.32. The summed E-state index contributed by atoms with van der Waals surface area (Å²) in [4.78, 5) is 43.1. The van der Waals surface area contributed by atoms with E-state index in [4.69, 9.17) is 14.2 Å². The third kappa shape index (κ3) is 3.47. The van der Waals surface area contributed by atoms with Gasteiger partial charge >= 0.3 is 5.97 Å². The monoisotopic (exact) mass is 531 g/mol. The van der Waals surface area contributed by atoms with Crippen LogP contribution in [0.25, 0.3) is 16.3 Å². The molecule has 2 aliphatic heterocycles. The standard InChI is InChI=1S/C33H25NO6/c1-38-21-12-7-19(8-13-21)25-17-26-24-16-9-18-5-3-4-6-23(18)30(24)40-33(37)28(26)29-27(25)31(35)34(32(29)36)20-10-14-22(39-2)15-11-20/h3-17,25,27-29H,1-2H3/t25-,27-,28-,29+/m0/s1. The van der Waals surface area contributed by atoms with E-state index < -0.39 is 35.5 Å². The van der Waals surface area contributed by atoms with E-state index in [1.54, 1.807) is 38.5 Å². The number of amides is 2. The Morgan fingerprint density at radius 1 is 0.725 bits per heavy atom. The fourth-order valence-corrected chi connectivity index (χ4v) is 6.43. The molecule has 0 aromatic heterocycles. The molecule has 0 spiro atoms. The van der Waals surface area contributed by atoms with Crippen molar-refractivity contribution in [1.82, 2.24) is 0 Å². The number of ether oxygens (including phenoxy) is 3. The van der Waals surface area contributed by atoms with Gasteiger partial charge < -0.3 is 14.2 Å². The maximum atomic E-state index is 14.1. The molecule has 7 rings (SSSR count). The van der Waals surface area contributed by atoms with Crippen molar-refractivity contribution >= 4 is 39.8 Å². The third-order valence-corrected chi connectivity index (χ3v) is 8.32. The molecule has 4 aromatic rings. The predicted molar refractivity (Wildman–Crippen MR) is 149 cm³/mol. The molecule has 1 aliphatic carbocycles. The smallest absolute Gasteiger partial charge is 0.319 e. The van der Waals surface area contributed by atoms with Crippen LogP contribution in [0.4, 0.5) is 5.69 Å². The molecule has 0 unspecified atom stereocenters. The zero-order valence-electron chi connectivity index (χ0n) is 21.9. The molecule has 0 radical (unpaired) electrons. The van der Waals surface area contributed by atoms with Gasteiger partial charge in [0.1, 0.15) is 17.2 Å². The molecule has 7 heteroatoms. The highest BCUT2D eigenvalue weighted by Gasteiger charge is 2.60.